The maximum atomic E-state index is 10.5. The van der Waals surface area contributed by atoms with Gasteiger partial charge in [0, 0.05) is 5.25 Å². The van der Waals surface area contributed by atoms with Crippen LogP contribution >= 0.6 is 12.6 Å². The SMILES string of the molecule is NC(=O)CN1CCC(S)CC1. The highest BCUT2D eigenvalue weighted by atomic mass is 32.1. The summed E-state index contributed by atoms with van der Waals surface area (Å²) in [4.78, 5) is 12.6. The number of amides is 1. The normalized spacial score (nSPS) is 21.9. The van der Waals surface area contributed by atoms with E-state index in [9.17, 15) is 4.79 Å². The molecule has 0 bridgehead atoms. The van der Waals surface area contributed by atoms with Gasteiger partial charge in [-0.25, -0.2) is 0 Å². The molecule has 0 aromatic heterocycles. The topological polar surface area (TPSA) is 46.3 Å². The number of thiol groups is 1. The lowest BCUT2D eigenvalue weighted by atomic mass is 10.1. The zero-order chi connectivity index (χ0) is 8.27. The minimum atomic E-state index is -0.234. The van der Waals surface area contributed by atoms with Crippen LogP contribution in [-0.4, -0.2) is 35.7 Å². The molecule has 1 fully saturated rings. The van der Waals surface area contributed by atoms with Gasteiger partial charge in [-0.05, 0) is 25.9 Å². The number of nitrogens with zero attached hydrogens (tertiary/aromatic N) is 1. The second-order valence-corrected chi connectivity index (χ2v) is 3.70. The van der Waals surface area contributed by atoms with E-state index >= 15 is 0 Å². The predicted octanol–water partition coefficient (Wildman–Crippen LogP) is -0.134. The monoisotopic (exact) mass is 174 g/mol. The van der Waals surface area contributed by atoms with Gasteiger partial charge in [0.1, 0.15) is 0 Å². The van der Waals surface area contributed by atoms with Gasteiger partial charge in [0.2, 0.25) is 5.91 Å². The van der Waals surface area contributed by atoms with E-state index in [0.29, 0.717) is 11.8 Å². The summed E-state index contributed by atoms with van der Waals surface area (Å²) in [5.41, 5.74) is 5.06. The molecule has 0 unspecified atom stereocenters. The van der Waals surface area contributed by atoms with Gasteiger partial charge in [-0.2, -0.15) is 12.6 Å². The summed E-state index contributed by atoms with van der Waals surface area (Å²) in [5, 5.41) is 0.513. The van der Waals surface area contributed by atoms with Crippen molar-refractivity contribution in [1.29, 1.82) is 0 Å². The van der Waals surface area contributed by atoms with Gasteiger partial charge in [-0.3, -0.25) is 9.69 Å². The van der Waals surface area contributed by atoms with Gasteiger partial charge in [0.05, 0.1) is 6.54 Å². The van der Waals surface area contributed by atoms with E-state index in [1.165, 1.54) is 0 Å². The van der Waals surface area contributed by atoms with Crippen molar-refractivity contribution in [3.05, 3.63) is 0 Å². The maximum Gasteiger partial charge on any atom is 0.231 e. The van der Waals surface area contributed by atoms with Crippen LogP contribution in [0.4, 0.5) is 0 Å². The summed E-state index contributed by atoms with van der Waals surface area (Å²) in [7, 11) is 0. The van der Waals surface area contributed by atoms with Crippen molar-refractivity contribution in [2.45, 2.75) is 18.1 Å². The Hall–Kier alpha value is -0.220. The number of piperidine rings is 1. The number of hydrogen-bond acceptors (Lipinski definition) is 3. The third-order valence-corrected chi connectivity index (χ3v) is 2.45. The molecule has 1 aliphatic rings. The summed E-state index contributed by atoms with van der Waals surface area (Å²) in [5.74, 6) is -0.234. The number of carbonyl (C=O) groups is 1. The van der Waals surface area contributed by atoms with Crippen molar-refractivity contribution >= 4 is 18.5 Å². The fourth-order valence-corrected chi connectivity index (χ4v) is 1.53. The van der Waals surface area contributed by atoms with E-state index in [1.54, 1.807) is 0 Å². The summed E-state index contributed by atoms with van der Waals surface area (Å²) >= 11 is 4.35. The molecule has 0 aromatic rings. The fourth-order valence-electron chi connectivity index (χ4n) is 1.30. The summed E-state index contributed by atoms with van der Waals surface area (Å²) < 4.78 is 0. The molecule has 0 spiro atoms. The van der Waals surface area contributed by atoms with Gasteiger partial charge in [0.25, 0.3) is 0 Å². The van der Waals surface area contributed by atoms with Gasteiger partial charge in [0.15, 0.2) is 0 Å². The van der Waals surface area contributed by atoms with Crippen LogP contribution in [0.25, 0.3) is 0 Å². The number of rotatable bonds is 2. The number of primary amides is 1. The molecule has 1 amide bonds. The van der Waals surface area contributed by atoms with E-state index < -0.39 is 0 Å². The minimum Gasteiger partial charge on any atom is -0.369 e. The average molecular weight is 174 g/mol. The molecule has 64 valence electrons. The first-order valence-electron chi connectivity index (χ1n) is 3.87. The van der Waals surface area contributed by atoms with Crippen molar-refractivity contribution < 1.29 is 4.79 Å². The zero-order valence-corrected chi connectivity index (χ0v) is 7.39. The first kappa shape index (κ1) is 8.87. The molecule has 0 atom stereocenters. The lowest BCUT2D eigenvalue weighted by molar-refractivity contribution is -0.119. The highest BCUT2D eigenvalue weighted by Gasteiger charge is 2.16. The van der Waals surface area contributed by atoms with Crippen LogP contribution < -0.4 is 5.73 Å². The largest absolute Gasteiger partial charge is 0.369 e. The van der Waals surface area contributed by atoms with Crippen LogP contribution in [0.2, 0.25) is 0 Å². The molecule has 1 saturated heterocycles. The van der Waals surface area contributed by atoms with E-state index in [4.69, 9.17) is 5.73 Å². The van der Waals surface area contributed by atoms with E-state index in [0.717, 1.165) is 25.9 Å². The summed E-state index contributed by atoms with van der Waals surface area (Å²) in [6, 6.07) is 0. The second kappa shape index (κ2) is 3.97. The quantitative estimate of drug-likeness (QED) is 0.573. The van der Waals surface area contributed by atoms with E-state index in [-0.39, 0.29) is 5.91 Å². The van der Waals surface area contributed by atoms with Crippen molar-refractivity contribution in [2.24, 2.45) is 5.73 Å². The lowest BCUT2D eigenvalue weighted by Crippen LogP contribution is -2.39. The molecular weight excluding hydrogens is 160 g/mol. The Morgan fingerprint density at radius 1 is 1.55 bits per heavy atom. The number of carbonyl (C=O) groups excluding carboxylic acids is 1. The Morgan fingerprint density at radius 3 is 2.55 bits per heavy atom. The molecule has 1 aliphatic heterocycles. The van der Waals surface area contributed by atoms with Crippen LogP contribution in [0.3, 0.4) is 0 Å². The van der Waals surface area contributed by atoms with Crippen molar-refractivity contribution in [1.82, 2.24) is 4.90 Å². The Bertz CT molecular complexity index is 143. The van der Waals surface area contributed by atoms with Gasteiger partial charge >= 0.3 is 0 Å². The molecule has 0 aliphatic carbocycles. The molecule has 1 heterocycles. The molecule has 11 heavy (non-hydrogen) atoms. The third kappa shape index (κ3) is 3.12. The molecule has 0 saturated carbocycles. The Kier molecular flexibility index (Phi) is 3.20. The fraction of sp³-hybridized carbons (Fsp3) is 0.857. The Labute approximate surface area is 72.3 Å². The Balaban J connectivity index is 2.22. The Morgan fingerprint density at radius 2 is 2.09 bits per heavy atom. The molecule has 3 nitrogen and oxygen atoms in total. The van der Waals surface area contributed by atoms with Crippen molar-refractivity contribution in [3.63, 3.8) is 0 Å². The standard InChI is InChI=1S/C7H14N2OS/c8-7(10)5-9-3-1-6(11)2-4-9/h6,11H,1-5H2,(H2,8,10). The van der Waals surface area contributed by atoms with Gasteiger partial charge in [-0.1, -0.05) is 0 Å². The molecule has 4 heteroatoms. The van der Waals surface area contributed by atoms with Crippen LogP contribution in [0, 0.1) is 0 Å². The van der Waals surface area contributed by atoms with Crippen LogP contribution in [-0.2, 0) is 4.79 Å². The van der Waals surface area contributed by atoms with Crippen LogP contribution in [0.5, 0.6) is 0 Å². The number of hydrogen-bond donors (Lipinski definition) is 2. The molecule has 2 N–H and O–H groups in total. The van der Waals surface area contributed by atoms with E-state index in [1.807, 2.05) is 0 Å². The van der Waals surface area contributed by atoms with Crippen LogP contribution in [0.15, 0.2) is 0 Å². The van der Waals surface area contributed by atoms with Gasteiger partial charge in [-0.15, -0.1) is 0 Å². The summed E-state index contributed by atoms with van der Waals surface area (Å²) in [6.45, 7) is 2.31. The lowest BCUT2D eigenvalue weighted by Gasteiger charge is -2.28. The zero-order valence-electron chi connectivity index (χ0n) is 6.49. The molecule has 0 radical (unpaired) electrons. The maximum absolute atomic E-state index is 10.5. The predicted molar refractivity (Wildman–Crippen MR) is 47.6 cm³/mol. The average Bonchev–Trinajstić information content (AvgIpc) is 1.93. The van der Waals surface area contributed by atoms with E-state index in [2.05, 4.69) is 17.5 Å². The second-order valence-electron chi connectivity index (χ2n) is 2.97. The minimum absolute atomic E-state index is 0.234. The van der Waals surface area contributed by atoms with Gasteiger partial charge < -0.3 is 5.73 Å². The molecule has 0 aromatic carbocycles. The molecule has 1 rings (SSSR count). The third-order valence-electron chi connectivity index (χ3n) is 1.94. The number of likely N-dealkylation sites (tertiary alicyclic amines) is 1. The smallest absolute Gasteiger partial charge is 0.231 e. The highest BCUT2D eigenvalue weighted by Crippen LogP contribution is 2.14. The highest BCUT2D eigenvalue weighted by molar-refractivity contribution is 7.80. The first-order valence-corrected chi connectivity index (χ1v) is 4.39. The first-order chi connectivity index (χ1) is 5.18. The summed E-state index contributed by atoms with van der Waals surface area (Å²) in [6.07, 6.45) is 2.13. The van der Waals surface area contributed by atoms with Crippen LogP contribution in [0.1, 0.15) is 12.8 Å². The molecular formula is C7H14N2OS. The van der Waals surface area contributed by atoms with Crippen molar-refractivity contribution in [2.75, 3.05) is 19.6 Å². The van der Waals surface area contributed by atoms with Crippen molar-refractivity contribution in [3.8, 4) is 0 Å². The number of nitrogens with two attached hydrogens (primary N) is 1.